The minimum absolute atomic E-state index is 0.0524. The van der Waals surface area contributed by atoms with Gasteiger partial charge in [-0.3, -0.25) is 9.36 Å². The molecular formula is C24H24N4O3S2. The Balaban J connectivity index is 1.29. The number of nitrogens with zero attached hydrogens (tertiary/aromatic N) is 3. The number of para-hydroxylation sites is 1. The maximum atomic E-state index is 13.1. The molecule has 1 N–H and O–H groups in total. The molecule has 4 aromatic rings. The van der Waals surface area contributed by atoms with Gasteiger partial charge >= 0.3 is 0 Å². The standard InChI is InChI=1S/C24H24N4O3S2/c1-17-25-21-16-18(9-10-22(21)28(17)20-6-3-2-4-7-20)24(29)27-13-11-19(12-14-27)26-33(30,31)23-8-5-15-32-23/h2-10,15-16,19,26H,11-14H2,1H3. The van der Waals surface area contributed by atoms with Gasteiger partial charge in [0.15, 0.2) is 0 Å². The molecule has 3 heterocycles. The van der Waals surface area contributed by atoms with Crippen molar-refractivity contribution in [3.63, 3.8) is 0 Å². The number of rotatable bonds is 5. The van der Waals surface area contributed by atoms with Crippen LogP contribution in [0.5, 0.6) is 0 Å². The largest absolute Gasteiger partial charge is 0.339 e. The van der Waals surface area contributed by atoms with E-state index in [2.05, 4.69) is 14.3 Å². The van der Waals surface area contributed by atoms with Crippen LogP contribution >= 0.6 is 11.3 Å². The van der Waals surface area contributed by atoms with Crippen molar-refractivity contribution in [1.29, 1.82) is 0 Å². The van der Waals surface area contributed by atoms with Gasteiger partial charge in [-0.1, -0.05) is 24.3 Å². The monoisotopic (exact) mass is 480 g/mol. The third-order valence-electron chi connectivity index (χ3n) is 5.95. The molecule has 1 amide bonds. The van der Waals surface area contributed by atoms with Crippen LogP contribution in [0.1, 0.15) is 29.0 Å². The summed E-state index contributed by atoms with van der Waals surface area (Å²) in [5, 5.41) is 1.75. The Morgan fingerprint density at radius 1 is 1.06 bits per heavy atom. The summed E-state index contributed by atoms with van der Waals surface area (Å²) in [4.78, 5) is 19.6. The van der Waals surface area contributed by atoms with Gasteiger partial charge in [0.25, 0.3) is 5.91 Å². The molecule has 0 aliphatic carbocycles. The first-order chi connectivity index (χ1) is 15.9. The summed E-state index contributed by atoms with van der Waals surface area (Å²) in [5.41, 5.74) is 3.36. The smallest absolute Gasteiger partial charge is 0.253 e. The molecule has 0 atom stereocenters. The Kier molecular flexibility index (Phi) is 5.77. The predicted octanol–water partition coefficient (Wildman–Crippen LogP) is 3.98. The van der Waals surface area contributed by atoms with Crippen molar-refractivity contribution < 1.29 is 13.2 Å². The van der Waals surface area contributed by atoms with Gasteiger partial charge in [0, 0.05) is 30.4 Å². The minimum Gasteiger partial charge on any atom is -0.339 e. The molecule has 33 heavy (non-hydrogen) atoms. The van der Waals surface area contributed by atoms with Crippen molar-refractivity contribution in [2.24, 2.45) is 0 Å². The van der Waals surface area contributed by atoms with E-state index < -0.39 is 10.0 Å². The number of carbonyl (C=O) groups is 1. The number of nitrogens with one attached hydrogen (secondary N) is 1. The van der Waals surface area contributed by atoms with Gasteiger partial charge in [-0.25, -0.2) is 18.1 Å². The molecule has 7 nitrogen and oxygen atoms in total. The third kappa shape index (κ3) is 4.31. The van der Waals surface area contributed by atoms with Crippen LogP contribution in [0, 0.1) is 6.92 Å². The average Bonchev–Trinajstić information content (AvgIpc) is 3.47. The summed E-state index contributed by atoms with van der Waals surface area (Å²) < 4.78 is 30.1. The fourth-order valence-corrected chi connectivity index (χ4v) is 6.63. The lowest BCUT2D eigenvalue weighted by Gasteiger charge is -2.32. The van der Waals surface area contributed by atoms with Gasteiger partial charge in [-0.15, -0.1) is 11.3 Å². The molecule has 2 aromatic heterocycles. The molecule has 1 aliphatic rings. The highest BCUT2D eigenvalue weighted by Crippen LogP contribution is 2.24. The molecule has 1 saturated heterocycles. The second-order valence-electron chi connectivity index (χ2n) is 8.15. The van der Waals surface area contributed by atoms with E-state index in [4.69, 9.17) is 0 Å². The topological polar surface area (TPSA) is 84.3 Å². The molecule has 0 unspecified atom stereocenters. The molecule has 0 radical (unpaired) electrons. The van der Waals surface area contributed by atoms with Crippen LogP contribution in [0.25, 0.3) is 16.7 Å². The van der Waals surface area contributed by atoms with Crippen LogP contribution in [0.15, 0.2) is 70.3 Å². The van der Waals surface area contributed by atoms with Gasteiger partial charge in [0.2, 0.25) is 10.0 Å². The summed E-state index contributed by atoms with van der Waals surface area (Å²) in [6.45, 7) is 2.97. The molecule has 9 heteroatoms. The van der Waals surface area contributed by atoms with Crippen LogP contribution in [0.4, 0.5) is 0 Å². The molecule has 1 fully saturated rings. The molecular weight excluding hydrogens is 456 g/mol. The predicted molar refractivity (Wildman–Crippen MR) is 129 cm³/mol. The van der Waals surface area contributed by atoms with E-state index in [0.29, 0.717) is 35.7 Å². The van der Waals surface area contributed by atoms with E-state index in [1.165, 1.54) is 11.3 Å². The SMILES string of the molecule is Cc1nc2cc(C(=O)N3CCC(NS(=O)(=O)c4cccs4)CC3)ccc2n1-c1ccccc1. The highest BCUT2D eigenvalue weighted by atomic mass is 32.2. The summed E-state index contributed by atoms with van der Waals surface area (Å²) in [5.74, 6) is 0.808. The van der Waals surface area contributed by atoms with E-state index in [9.17, 15) is 13.2 Å². The zero-order valence-corrected chi connectivity index (χ0v) is 19.8. The molecule has 0 bridgehead atoms. The highest BCUT2D eigenvalue weighted by molar-refractivity contribution is 7.91. The molecule has 5 rings (SSSR count). The molecule has 170 valence electrons. The first-order valence-corrected chi connectivity index (χ1v) is 13.2. The number of hydrogen-bond acceptors (Lipinski definition) is 5. The first kappa shape index (κ1) is 21.8. The van der Waals surface area contributed by atoms with Gasteiger partial charge < -0.3 is 4.90 Å². The molecule has 0 spiro atoms. The van der Waals surface area contributed by atoms with Crippen molar-refractivity contribution in [2.75, 3.05) is 13.1 Å². The number of thiophene rings is 1. The molecule has 0 saturated carbocycles. The Morgan fingerprint density at radius 3 is 2.52 bits per heavy atom. The van der Waals surface area contributed by atoms with Gasteiger partial charge in [-0.2, -0.15) is 0 Å². The summed E-state index contributed by atoms with van der Waals surface area (Å²) >= 11 is 1.20. The lowest BCUT2D eigenvalue weighted by atomic mass is 10.0. The summed E-state index contributed by atoms with van der Waals surface area (Å²) in [6, 6.07) is 18.8. The maximum Gasteiger partial charge on any atom is 0.253 e. The number of aromatic nitrogens is 2. The zero-order valence-electron chi connectivity index (χ0n) is 18.1. The van der Waals surface area contributed by atoms with Crippen molar-refractivity contribution in [1.82, 2.24) is 19.2 Å². The fourth-order valence-electron chi connectivity index (χ4n) is 4.31. The quantitative estimate of drug-likeness (QED) is 0.468. The minimum atomic E-state index is -3.50. The molecule has 1 aliphatic heterocycles. The maximum absolute atomic E-state index is 13.1. The lowest BCUT2D eigenvalue weighted by Crippen LogP contribution is -2.46. The third-order valence-corrected chi connectivity index (χ3v) is 8.87. The van der Waals surface area contributed by atoms with E-state index in [1.807, 2.05) is 55.5 Å². The summed E-state index contributed by atoms with van der Waals surface area (Å²) in [7, 11) is -3.50. The number of likely N-dealkylation sites (tertiary alicyclic amines) is 1. The van der Waals surface area contributed by atoms with E-state index in [1.54, 1.807) is 22.4 Å². The number of carbonyl (C=O) groups excluding carboxylic acids is 1. The van der Waals surface area contributed by atoms with Crippen LogP contribution in [-0.4, -0.2) is 47.9 Å². The van der Waals surface area contributed by atoms with Crippen LogP contribution in [0.2, 0.25) is 0 Å². The summed E-state index contributed by atoms with van der Waals surface area (Å²) in [6.07, 6.45) is 1.17. The second kappa shape index (κ2) is 8.74. The number of sulfonamides is 1. The molecule has 2 aromatic carbocycles. The van der Waals surface area contributed by atoms with Crippen LogP contribution in [0.3, 0.4) is 0 Å². The van der Waals surface area contributed by atoms with Gasteiger partial charge in [-0.05, 0) is 61.5 Å². The number of hydrogen-bond donors (Lipinski definition) is 1. The Labute approximate surface area is 196 Å². The number of aryl methyl sites for hydroxylation is 1. The van der Waals surface area contributed by atoms with Crippen LogP contribution < -0.4 is 4.72 Å². The number of piperidine rings is 1. The van der Waals surface area contributed by atoms with Crippen molar-refractivity contribution >= 4 is 38.3 Å². The van der Waals surface area contributed by atoms with E-state index in [-0.39, 0.29) is 11.9 Å². The van der Waals surface area contributed by atoms with E-state index in [0.717, 1.165) is 22.5 Å². The van der Waals surface area contributed by atoms with Gasteiger partial charge in [0.05, 0.1) is 11.0 Å². The Morgan fingerprint density at radius 2 is 1.82 bits per heavy atom. The Hall–Kier alpha value is -3.01. The first-order valence-electron chi connectivity index (χ1n) is 10.8. The van der Waals surface area contributed by atoms with Crippen molar-refractivity contribution in [3.05, 3.63) is 77.4 Å². The average molecular weight is 481 g/mol. The lowest BCUT2D eigenvalue weighted by molar-refractivity contribution is 0.0711. The zero-order chi connectivity index (χ0) is 23.0. The van der Waals surface area contributed by atoms with Crippen LogP contribution in [-0.2, 0) is 10.0 Å². The Bertz CT molecular complexity index is 1390. The number of benzene rings is 2. The number of imidazole rings is 1. The van der Waals surface area contributed by atoms with E-state index >= 15 is 0 Å². The number of fused-ring (bicyclic) bond motifs is 1. The fraction of sp³-hybridized carbons (Fsp3) is 0.250. The van der Waals surface area contributed by atoms with Crippen molar-refractivity contribution in [2.45, 2.75) is 30.0 Å². The number of amides is 1. The normalized spacial score (nSPS) is 15.2. The second-order valence-corrected chi connectivity index (χ2v) is 11.0. The van der Waals surface area contributed by atoms with Gasteiger partial charge in [0.1, 0.15) is 10.0 Å². The highest BCUT2D eigenvalue weighted by Gasteiger charge is 2.28. The van der Waals surface area contributed by atoms with Crippen molar-refractivity contribution in [3.8, 4) is 5.69 Å².